The molecule has 3 heterocycles. The van der Waals surface area contributed by atoms with Crippen LogP contribution in [0.2, 0.25) is 5.15 Å². The summed E-state index contributed by atoms with van der Waals surface area (Å²) in [5.74, 6) is 0.355. The summed E-state index contributed by atoms with van der Waals surface area (Å²) in [6, 6.07) is 3.44. The van der Waals surface area contributed by atoms with E-state index in [0.717, 1.165) is 31.4 Å². The van der Waals surface area contributed by atoms with Crippen molar-refractivity contribution in [2.24, 2.45) is 5.92 Å². The van der Waals surface area contributed by atoms with Crippen molar-refractivity contribution >= 4 is 34.0 Å². The van der Waals surface area contributed by atoms with Crippen molar-refractivity contribution in [3.63, 3.8) is 0 Å². The standard InChI is InChI=1S/C24H28ClN5O4S/c1-13-9-16(17-10-20(25)27-12-19(17)33-4)18(11-26-13)21(31)28-22-29-30-23(35-22)34-15-7-5-14(6-8-15)24(2,3)32/h9-12,14-15,32H,5-8H2,1-4H3,(H,28,29,31). The number of rotatable bonds is 7. The normalized spacial score (nSPS) is 18.2. The third-order valence-corrected chi connectivity index (χ3v) is 7.13. The number of halogens is 1. The van der Waals surface area contributed by atoms with Crippen molar-refractivity contribution in [2.75, 3.05) is 12.4 Å². The van der Waals surface area contributed by atoms with Crippen molar-refractivity contribution in [1.29, 1.82) is 0 Å². The maximum Gasteiger partial charge on any atom is 0.296 e. The van der Waals surface area contributed by atoms with Crippen LogP contribution < -0.4 is 14.8 Å². The Bertz CT molecular complexity index is 1200. The highest BCUT2D eigenvalue weighted by Crippen LogP contribution is 2.36. The first-order chi connectivity index (χ1) is 16.6. The molecule has 0 radical (unpaired) electrons. The highest BCUT2D eigenvalue weighted by molar-refractivity contribution is 7.17. The van der Waals surface area contributed by atoms with Crippen LogP contribution in [0.4, 0.5) is 5.13 Å². The maximum absolute atomic E-state index is 13.2. The molecule has 3 aromatic rings. The van der Waals surface area contributed by atoms with E-state index in [2.05, 4.69) is 25.5 Å². The zero-order valence-electron chi connectivity index (χ0n) is 20.0. The molecule has 4 rings (SSSR count). The smallest absolute Gasteiger partial charge is 0.296 e. The van der Waals surface area contributed by atoms with Gasteiger partial charge in [0.2, 0.25) is 5.13 Å². The predicted molar refractivity (Wildman–Crippen MR) is 134 cm³/mol. The van der Waals surface area contributed by atoms with Crippen LogP contribution in [0.1, 0.15) is 55.6 Å². The minimum Gasteiger partial charge on any atom is -0.494 e. The third kappa shape index (κ3) is 6.06. The summed E-state index contributed by atoms with van der Waals surface area (Å²) < 4.78 is 11.4. The molecule has 1 aliphatic rings. The summed E-state index contributed by atoms with van der Waals surface area (Å²) >= 11 is 7.28. The van der Waals surface area contributed by atoms with Gasteiger partial charge in [0.05, 0.1) is 24.5 Å². The molecular weight excluding hydrogens is 490 g/mol. The molecule has 1 fully saturated rings. The predicted octanol–water partition coefficient (Wildman–Crippen LogP) is 4.93. The molecular formula is C24H28ClN5O4S. The molecule has 11 heteroatoms. The van der Waals surface area contributed by atoms with E-state index < -0.39 is 11.5 Å². The Morgan fingerprint density at radius 2 is 1.89 bits per heavy atom. The SMILES string of the molecule is COc1cnc(Cl)cc1-c1cc(C)ncc1C(=O)Nc1nnc(OC2CCC(C(C)(C)O)CC2)s1. The minimum absolute atomic E-state index is 0.0157. The average Bonchev–Trinajstić information content (AvgIpc) is 3.25. The first-order valence-electron chi connectivity index (χ1n) is 11.3. The van der Waals surface area contributed by atoms with E-state index in [4.69, 9.17) is 21.1 Å². The topological polar surface area (TPSA) is 119 Å². The van der Waals surface area contributed by atoms with E-state index >= 15 is 0 Å². The number of aliphatic hydroxyl groups is 1. The zero-order chi connectivity index (χ0) is 25.2. The van der Waals surface area contributed by atoms with Crippen molar-refractivity contribution in [2.45, 2.75) is 58.2 Å². The van der Waals surface area contributed by atoms with Gasteiger partial charge in [-0.05, 0) is 75.8 Å². The Labute approximate surface area is 212 Å². The lowest BCUT2D eigenvalue weighted by atomic mass is 9.78. The van der Waals surface area contributed by atoms with Crippen molar-refractivity contribution in [1.82, 2.24) is 20.2 Å². The molecule has 0 atom stereocenters. The molecule has 0 saturated heterocycles. The number of ether oxygens (including phenoxy) is 2. The Morgan fingerprint density at radius 3 is 2.57 bits per heavy atom. The first kappa shape index (κ1) is 25.3. The molecule has 2 N–H and O–H groups in total. The molecule has 0 unspecified atom stereocenters. The number of hydrogen-bond acceptors (Lipinski definition) is 9. The van der Waals surface area contributed by atoms with E-state index in [9.17, 15) is 9.90 Å². The summed E-state index contributed by atoms with van der Waals surface area (Å²) in [5.41, 5.74) is 1.63. The minimum atomic E-state index is -0.680. The molecule has 0 aliphatic heterocycles. The molecule has 9 nitrogen and oxygen atoms in total. The van der Waals surface area contributed by atoms with E-state index in [1.807, 2.05) is 20.8 Å². The Kier molecular flexibility index (Phi) is 7.53. The van der Waals surface area contributed by atoms with Crippen LogP contribution in [-0.2, 0) is 0 Å². The number of aromatic nitrogens is 4. The number of hydrogen-bond donors (Lipinski definition) is 2. The van der Waals surface area contributed by atoms with Crippen LogP contribution in [0.5, 0.6) is 10.9 Å². The van der Waals surface area contributed by atoms with Crippen molar-refractivity contribution in [3.05, 3.63) is 40.9 Å². The number of anilines is 1. The van der Waals surface area contributed by atoms with Crippen LogP contribution in [0, 0.1) is 12.8 Å². The Balaban J connectivity index is 1.47. The number of amides is 1. The second-order valence-corrected chi connectivity index (χ2v) is 10.5. The molecule has 186 valence electrons. The lowest BCUT2D eigenvalue weighted by molar-refractivity contribution is -0.0152. The number of aryl methyl sites for hydroxylation is 1. The van der Waals surface area contributed by atoms with Gasteiger partial charge < -0.3 is 14.6 Å². The number of nitrogens with zero attached hydrogens (tertiary/aromatic N) is 4. The van der Waals surface area contributed by atoms with Gasteiger partial charge in [-0.1, -0.05) is 16.7 Å². The van der Waals surface area contributed by atoms with E-state index in [0.29, 0.717) is 32.8 Å². The molecule has 0 bridgehead atoms. The fraction of sp³-hybridized carbons (Fsp3) is 0.458. The van der Waals surface area contributed by atoms with Crippen LogP contribution in [0.3, 0.4) is 0 Å². The van der Waals surface area contributed by atoms with Crippen LogP contribution >= 0.6 is 22.9 Å². The summed E-state index contributed by atoms with van der Waals surface area (Å²) in [4.78, 5) is 21.5. The highest BCUT2D eigenvalue weighted by Gasteiger charge is 2.32. The second-order valence-electron chi connectivity index (χ2n) is 9.15. The fourth-order valence-electron chi connectivity index (χ4n) is 4.26. The Hall–Kier alpha value is -2.82. The molecule has 0 spiro atoms. The first-order valence-corrected chi connectivity index (χ1v) is 12.5. The lowest BCUT2D eigenvalue weighted by Crippen LogP contribution is -2.36. The van der Waals surface area contributed by atoms with Gasteiger partial charge >= 0.3 is 0 Å². The molecule has 3 aromatic heterocycles. The van der Waals surface area contributed by atoms with E-state index in [-0.39, 0.29) is 17.2 Å². The number of carbonyl (C=O) groups excluding carboxylic acids is 1. The quantitative estimate of drug-likeness (QED) is 0.423. The van der Waals surface area contributed by atoms with Gasteiger partial charge in [-0.2, -0.15) is 0 Å². The highest BCUT2D eigenvalue weighted by atomic mass is 35.5. The number of pyridine rings is 2. The third-order valence-electron chi connectivity index (χ3n) is 6.20. The van der Waals surface area contributed by atoms with Crippen LogP contribution in [0.25, 0.3) is 11.1 Å². The maximum atomic E-state index is 13.2. The largest absolute Gasteiger partial charge is 0.494 e. The molecule has 1 saturated carbocycles. The average molecular weight is 518 g/mol. The van der Waals surface area contributed by atoms with Gasteiger partial charge in [-0.3, -0.25) is 15.1 Å². The van der Waals surface area contributed by atoms with Gasteiger partial charge in [-0.25, -0.2) is 4.98 Å². The van der Waals surface area contributed by atoms with Gasteiger partial charge in [-0.15, -0.1) is 5.10 Å². The van der Waals surface area contributed by atoms with Crippen molar-refractivity contribution < 1.29 is 19.4 Å². The van der Waals surface area contributed by atoms with Gasteiger partial charge in [0.15, 0.2) is 0 Å². The Morgan fingerprint density at radius 1 is 1.14 bits per heavy atom. The van der Waals surface area contributed by atoms with Gasteiger partial charge in [0, 0.05) is 23.0 Å². The fourth-order valence-corrected chi connectivity index (χ4v) is 5.07. The zero-order valence-corrected chi connectivity index (χ0v) is 21.6. The van der Waals surface area contributed by atoms with E-state index in [1.54, 1.807) is 12.1 Å². The van der Waals surface area contributed by atoms with Crippen LogP contribution in [0.15, 0.2) is 24.5 Å². The summed E-state index contributed by atoms with van der Waals surface area (Å²) in [6.45, 7) is 5.55. The van der Waals surface area contributed by atoms with Crippen molar-refractivity contribution in [3.8, 4) is 22.1 Å². The van der Waals surface area contributed by atoms with E-state index in [1.165, 1.54) is 30.8 Å². The molecule has 1 aliphatic carbocycles. The molecule has 0 aromatic carbocycles. The summed E-state index contributed by atoms with van der Waals surface area (Å²) in [6.07, 6.45) is 6.49. The van der Waals surface area contributed by atoms with Gasteiger partial charge in [0.1, 0.15) is 17.0 Å². The molecule has 35 heavy (non-hydrogen) atoms. The number of carbonyl (C=O) groups is 1. The number of nitrogens with one attached hydrogen (secondary N) is 1. The summed E-state index contributed by atoms with van der Waals surface area (Å²) in [5, 5.41) is 22.2. The lowest BCUT2D eigenvalue weighted by Gasteiger charge is -2.35. The molecule has 1 amide bonds. The van der Waals surface area contributed by atoms with Crippen LogP contribution in [-0.4, -0.2) is 50.0 Å². The number of methoxy groups -OCH3 is 1. The summed E-state index contributed by atoms with van der Waals surface area (Å²) in [7, 11) is 1.53. The monoisotopic (exact) mass is 517 g/mol. The van der Waals surface area contributed by atoms with Gasteiger partial charge in [0.25, 0.3) is 11.1 Å². The second kappa shape index (κ2) is 10.4.